The van der Waals surface area contributed by atoms with Gasteiger partial charge in [-0.3, -0.25) is 19.7 Å². The molecule has 6 heteroatoms. The minimum absolute atomic E-state index is 0.0618. The van der Waals surface area contributed by atoms with E-state index < -0.39 is 5.92 Å². The maximum absolute atomic E-state index is 11.9. The molecule has 0 bridgehead atoms. The maximum atomic E-state index is 11.9. The Balaban J connectivity index is 1.56. The van der Waals surface area contributed by atoms with E-state index in [9.17, 15) is 14.4 Å². The van der Waals surface area contributed by atoms with Crippen LogP contribution in [0.5, 0.6) is 0 Å². The first-order chi connectivity index (χ1) is 11.4. The Morgan fingerprint density at radius 3 is 2.88 bits per heavy atom. The second kappa shape index (κ2) is 6.47. The number of hydrogen-bond acceptors (Lipinski definition) is 3. The lowest BCUT2D eigenvalue weighted by Crippen LogP contribution is -2.30. The molecule has 1 unspecified atom stereocenters. The van der Waals surface area contributed by atoms with Crippen molar-refractivity contribution in [1.82, 2.24) is 15.2 Å². The number of rotatable bonds is 5. The minimum atomic E-state index is -0.530. The van der Waals surface area contributed by atoms with E-state index in [0.717, 1.165) is 6.42 Å². The van der Waals surface area contributed by atoms with Gasteiger partial charge in [0.25, 0.3) is 0 Å². The van der Waals surface area contributed by atoms with E-state index in [1.54, 1.807) is 0 Å². The number of benzene rings is 1. The van der Waals surface area contributed by atoms with Crippen LogP contribution in [0.4, 0.5) is 0 Å². The van der Waals surface area contributed by atoms with Crippen molar-refractivity contribution in [2.75, 3.05) is 6.54 Å². The summed E-state index contributed by atoms with van der Waals surface area (Å²) in [6, 6.07) is 6.34. The van der Waals surface area contributed by atoms with Crippen LogP contribution >= 0.6 is 0 Å². The molecule has 2 N–H and O–H groups in total. The molecule has 3 rings (SSSR count). The predicted octanol–water partition coefficient (Wildman–Crippen LogP) is 1.20. The normalized spacial score (nSPS) is 17.3. The van der Waals surface area contributed by atoms with Crippen LogP contribution in [0, 0.1) is 12.8 Å². The quantitative estimate of drug-likeness (QED) is 0.810. The van der Waals surface area contributed by atoms with E-state index in [1.165, 1.54) is 22.0 Å². The number of amides is 3. The zero-order valence-electron chi connectivity index (χ0n) is 13.9. The summed E-state index contributed by atoms with van der Waals surface area (Å²) < 4.78 is 2.09. The summed E-state index contributed by atoms with van der Waals surface area (Å²) in [5.41, 5.74) is 3.58. The van der Waals surface area contributed by atoms with E-state index in [-0.39, 0.29) is 30.6 Å². The van der Waals surface area contributed by atoms with Crippen LogP contribution < -0.4 is 10.6 Å². The zero-order chi connectivity index (χ0) is 17.3. The largest absolute Gasteiger partial charge is 0.356 e. The summed E-state index contributed by atoms with van der Waals surface area (Å²) in [7, 11) is 2.01. The van der Waals surface area contributed by atoms with E-state index in [4.69, 9.17) is 0 Å². The van der Waals surface area contributed by atoms with Crippen LogP contribution in [0.15, 0.2) is 24.4 Å². The Morgan fingerprint density at radius 2 is 2.17 bits per heavy atom. The van der Waals surface area contributed by atoms with Gasteiger partial charge in [-0.15, -0.1) is 0 Å². The smallest absolute Gasteiger partial charge is 0.230 e. The SMILES string of the molecule is Cc1ccc2c(CCNC(=O)CC3CC(=O)NC3=O)cn(C)c2c1. The molecule has 0 radical (unpaired) electrons. The van der Waals surface area contributed by atoms with Gasteiger partial charge in [0.05, 0.1) is 5.92 Å². The first-order valence-corrected chi connectivity index (χ1v) is 8.09. The van der Waals surface area contributed by atoms with Crippen molar-refractivity contribution < 1.29 is 14.4 Å². The Hall–Kier alpha value is -2.63. The molecule has 1 atom stereocenters. The fourth-order valence-corrected chi connectivity index (χ4v) is 3.18. The standard InChI is InChI=1S/C18H21N3O3/c1-11-3-4-14-12(10-21(2)15(14)7-11)5-6-19-16(22)8-13-9-17(23)20-18(13)24/h3-4,7,10,13H,5-6,8-9H2,1-2H3,(H,19,22)(H,20,23,24). The highest BCUT2D eigenvalue weighted by Crippen LogP contribution is 2.22. The summed E-state index contributed by atoms with van der Waals surface area (Å²) in [6.07, 6.45) is 2.97. The maximum Gasteiger partial charge on any atom is 0.230 e. The van der Waals surface area contributed by atoms with Crippen molar-refractivity contribution in [1.29, 1.82) is 0 Å². The van der Waals surface area contributed by atoms with Gasteiger partial charge in [0.15, 0.2) is 0 Å². The van der Waals surface area contributed by atoms with Gasteiger partial charge in [0.1, 0.15) is 0 Å². The van der Waals surface area contributed by atoms with Crippen molar-refractivity contribution >= 4 is 28.6 Å². The molecule has 1 aromatic heterocycles. The van der Waals surface area contributed by atoms with Gasteiger partial charge in [-0.1, -0.05) is 12.1 Å². The summed E-state index contributed by atoms with van der Waals surface area (Å²) >= 11 is 0. The van der Waals surface area contributed by atoms with Crippen molar-refractivity contribution in [3.05, 3.63) is 35.5 Å². The molecule has 1 saturated heterocycles. The average molecular weight is 327 g/mol. The third-order valence-corrected chi connectivity index (χ3v) is 4.44. The molecular formula is C18H21N3O3. The summed E-state index contributed by atoms with van der Waals surface area (Å²) in [5.74, 6) is -1.37. The van der Waals surface area contributed by atoms with Gasteiger partial charge in [-0.25, -0.2) is 0 Å². The van der Waals surface area contributed by atoms with Gasteiger partial charge in [-0.05, 0) is 30.5 Å². The molecule has 6 nitrogen and oxygen atoms in total. The molecule has 1 fully saturated rings. The van der Waals surface area contributed by atoms with Crippen LogP contribution in [0.2, 0.25) is 0 Å². The number of carbonyl (C=O) groups is 3. The molecule has 3 amide bonds. The van der Waals surface area contributed by atoms with Crippen molar-refractivity contribution in [2.24, 2.45) is 13.0 Å². The van der Waals surface area contributed by atoms with Gasteiger partial charge in [0, 0.05) is 43.5 Å². The first kappa shape index (κ1) is 16.2. The predicted molar refractivity (Wildman–Crippen MR) is 90.2 cm³/mol. The molecule has 2 aromatic rings. The molecule has 24 heavy (non-hydrogen) atoms. The van der Waals surface area contributed by atoms with E-state index in [2.05, 4.69) is 46.5 Å². The molecule has 1 aliphatic rings. The van der Waals surface area contributed by atoms with E-state index in [1.807, 2.05) is 7.05 Å². The molecule has 0 saturated carbocycles. The number of hydrogen-bond donors (Lipinski definition) is 2. The lowest BCUT2D eigenvalue weighted by Gasteiger charge is -2.07. The Bertz CT molecular complexity index is 822. The van der Waals surface area contributed by atoms with Gasteiger partial charge in [0.2, 0.25) is 17.7 Å². The number of nitrogens with zero attached hydrogens (tertiary/aromatic N) is 1. The van der Waals surface area contributed by atoms with Crippen LogP contribution in [0.3, 0.4) is 0 Å². The van der Waals surface area contributed by atoms with Crippen LogP contribution in [0.1, 0.15) is 24.0 Å². The molecule has 1 aromatic carbocycles. The third-order valence-electron chi connectivity index (χ3n) is 4.44. The summed E-state index contributed by atoms with van der Waals surface area (Å²) in [4.78, 5) is 34.6. The number of aryl methyl sites for hydroxylation is 2. The van der Waals surface area contributed by atoms with Crippen LogP contribution in [0.25, 0.3) is 10.9 Å². The van der Waals surface area contributed by atoms with Crippen molar-refractivity contribution in [3.8, 4) is 0 Å². The molecular weight excluding hydrogens is 306 g/mol. The highest BCUT2D eigenvalue weighted by molar-refractivity contribution is 6.04. The van der Waals surface area contributed by atoms with Crippen LogP contribution in [-0.2, 0) is 27.9 Å². The lowest BCUT2D eigenvalue weighted by atomic mass is 10.0. The zero-order valence-corrected chi connectivity index (χ0v) is 13.9. The van der Waals surface area contributed by atoms with Gasteiger partial charge >= 0.3 is 0 Å². The molecule has 0 spiro atoms. The number of fused-ring (bicyclic) bond motifs is 1. The molecule has 0 aliphatic carbocycles. The molecule has 1 aliphatic heterocycles. The van der Waals surface area contributed by atoms with Crippen LogP contribution in [-0.4, -0.2) is 28.8 Å². The minimum Gasteiger partial charge on any atom is -0.356 e. The second-order valence-electron chi connectivity index (χ2n) is 6.40. The second-order valence-corrected chi connectivity index (χ2v) is 6.40. The van der Waals surface area contributed by atoms with E-state index >= 15 is 0 Å². The highest BCUT2D eigenvalue weighted by Gasteiger charge is 2.31. The van der Waals surface area contributed by atoms with Crippen molar-refractivity contribution in [3.63, 3.8) is 0 Å². The first-order valence-electron chi connectivity index (χ1n) is 8.09. The van der Waals surface area contributed by atoms with Gasteiger partial charge < -0.3 is 9.88 Å². The molecule has 126 valence electrons. The number of carbonyl (C=O) groups excluding carboxylic acids is 3. The Morgan fingerprint density at radius 1 is 1.38 bits per heavy atom. The fourth-order valence-electron chi connectivity index (χ4n) is 3.18. The number of nitrogens with one attached hydrogen (secondary N) is 2. The topological polar surface area (TPSA) is 80.2 Å². The van der Waals surface area contributed by atoms with E-state index in [0.29, 0.717) is 6.54 Å². The third kappa shape index (κ3) is 3.32. The summed E-state index contributed by atoms with van der Waals surface area (Å²) in [5, 5.41) is 6.25. The molecule has 2 heterocycles. The monoisotopic (exact) mass is 327 g/mol. The Kier molecular flexibility index (Phi) is 4.38. The average Bonchev–Trinajstić information content (AvgIpc) is 2.99. The van der Waals surface area contributed by atoms with Gasteiger partial charge in [-0.2, -0.15) is 0 Å². The summed E-state index contributed by atoms with van der Waals surface area (Å²) in [6.45, 7) is 2.57. The lowest BCUT2D eigenvalue weighted by molar-refractivity contribution is -0.129. The number of imide groups is 1. The number of aromatic nitrogens is 1. The fraction of sp³-hybridized carbons (Fsp3) is 0.389. The Labute approximate surface area is 140 Å². The highest BCUT2D eigenvalue weighted by atomic mass is 16.2. The van der Waals surface area contributed by atoms with Crippen molar-refractivity contribution in [2.45, 2.75) is 26.2 Å².